The van der Waals surface area contributed by atoms with Gasteiger partial charge in [0.1, 0.15) is 6.61 Å². The standard InChI is InChI=1S/C26H18Cl2INO5S2/c1-2-34-21-9-14(8-20(29)23(21)35-13-16-6-7-17(27)12-19(16)28)10-22-24(31)30(26(36)37-22)18-5-3-4-15(11-18)25(32)33/h3-12H,2,13H2,1H3,(H,32,33)/b22-10+. The lowest BCUT2D eigenvalue weighted by Gasteiger charge is -2.16. The fourth-order valence-corrected chi connectivity index (χ4v) is 6.03. The van der Waals surface area contributed by atoms with Gasteiger partial charge in [0.15, 0.2) is 15.8 Å². The molecule has 0 bridgehead atoms. The van der Waals surface area contributed by atoms with Crippen molar-refractivity contribution in [3.05, 3.63) is 89.8 Å². The number of anilines is 1. The second-order valence-corrected chi connectivity index (χ2v) is 11.3. The zero-order valence-corrected chi connectivity index (χ0v) is 24.5. The lowest BCUT2D eigenvalue weighted by atomic mass is 10.1. The van der Waals surface area contributed by atoms with E-state index in [-0.39, 0.29) is 18.1 Å². The molecule has 1 saturated heterocycles. The molecule has 1 amide bonds. The van der Waals surface area contributed by atoms with E-state index in [0.717, 1.165) is 26.5 Å². The molecule has 0 aliphatic carbocycles. The van der Waals surface area contributed by atoms with Crippen LogP contribution in [-0.4, -0.2) is 27.9 Å². The second-order valence-electron chi connectivity index (χ2n) is 7.66. The van der Waals surface area contributed by atoms with Gasteiger partial charge in [-0.25, -0.2) is 4.79 Å². The van der Waals surface area contributed by atoms with Crippen LogP contribution in [0.3, 0.4) is 0 Å². The molecule has 3 aromatic rings. The summed E-state index contributed by atoms with van der Waals surface area (Å²) in [6, 6.07) is 15.0. The zero-order valence-electron chi connectivity index (χ0n) is 19.2. The molecule has 0 radical (unpaired) electrons. The number of carbonyl (C=O) groups excluding carboxylic acids is 1. The highest BCUT2D eigenvalue weighted by atomic mass is 127. The summed E-state index contributed by atoms with van der Waals surface area (Å²) in [7, 11) is 0. The van der Waals surface area contributed by atoms with E-state index >= 15 is 0 Å². The monoisotopic (exact) mass is 685 g/mol. The second kappa shape index (κ2) is 12.0. The summed E-state index contributed by atoms with van der Waals surface area (Å²) < 4.78 is 13.0. The van der Waals surface area contributed by atoms with Gasteiger partial charge in [0.2, 0.25) is 0 Å². The summed E-state index contributed by atoms with van der Waals surface area (Å²) in [5.74, 6) is -0.330. The molecule has 4 rings (SSSR count). The van der Waals surface area contributed by atoms with Gasteiger partial charge in [0.05, 0.1) is 26.3 Å². The zero-order chi connectivity index (χ0) is 26.7. The number of hydrogen-bond donors (Lipinski definition) is 1. The maximum absolute atomic E-state index is 13.2. The van der Waals surface area contributed by atoms with E-state index < -0.39 is 5.97 Å². The van der Waals surface area contributed by atoms with Crippen molar-refractivity contribution in [3.8, 4) is 11.5 Å². The van der Waals surface area contributed by atoms with Crippen LogP contribution >= 0.6 is 69.8 Å². The molecule has 0 aromatic heterocycles. The van der Waals surface area contributed by atoms with Crippen molar-refractivity contribution < 1.29 is 24.2 Å². The lowest BCUT2D eigenvalue weighted by Crippen LogP contribution is -2.27. The summed E-state index contributed by atoms with van der Waals surface area (Å²) in [4.78, 5) is 26.3. The molecule has 37 heavy (non-hydrogen) atoms. The van der Waals surface area contributed by atoms with Gasteiger partial charge in [-0.1, -0.05) is 59.3 Å². The molecule has 11 heteroatoms. The minimum atomic E-state index is -1.08. The molecular formula is C26H18Cl2INO5S2. The van der Waals surface area contributed by atoms with Crippen LogP contribution in [0.4, 0.5) is 5.69 Å². The Morgan fingerprint density at radius 1 is 1.16 bits per heavy atom. The average Bonchev–Trinajstić information content (AvgIpc) is 3.12. The van der Waals surface area contributed by atoms with E-state index in [1.54, 1.807) is 42.5 Å². The molecule has 3 aromatic carbocycles. The number of carbonyl (C=O) groups is 2. The highest BCUT2D eigenvalue weighted by Crippen LogP contribution is 2.39. The smallest absolute Gasteiger partial charge is 0.335 e. The lowest BCUT2D eigenvalue weighted by molar-refractivity contribution is -0.113. The molecule has 1 fully saturated rings. The third-order valence-corrected chi connectivity index (χ3v) is 7.85. The summed E-state index contributed by atoms with van der Waals surface area (Å²) in [6.07, 6.45) is 1.73. The molecule has 0 unspecified atom stereocenters. The first-order valence-electron chi connectivity index (χ1n) is 10.8. The van der Waals surface area contributed by atoms with Crippen molar-refractivity contribution in [2.45, 2.75) is 13.5 Å². The van der Waals surface area contributed by atoms with E-state index in [2.05, 4.69) is 22.6 Å². The van der Waals surface area contributed by atoms with Crippen LogP contribution in [-0.2, 0) is 11.4 Å². The Balaban J connectivity index is 1.61. The van der Waals surface area contributed by atoms with Crippen LogP contribution in [0.1, 0.15) is 28.4 Å². The third-order valence-electron chi connectivity index (χ3n) is 5.16. The molecule has 1 aliphatic heterocycles. The summed E-state index contributed by atoms with van der Waals surface area (Å²) in [5.41, 5.74) is 1.98. The van der Waals surface area contributed by atoms with Gasteiger partial charge in [0.25, 0.3) is 5.91 Å². The number of nitrogens with zero attached hydrogens (tertiary/aromatic N) is 1. The van der Waals surface area contributed by atoms with E-state index in [1.807, 2.05) is 13.0 Å². The number of amides is 1. The molecule has 6 nitrogen and oxygen atoms in total. The first kappa shape index (κ1) is 27.7. The molecule has 1 aliphatic rings. The number of ether oxygens (including phenoxy) is 2. The van der Waals surface area contributed by atoms with E-state index in [1.165, 1.54) is 17.0 Å². The Bertz CT molecular complexity index is 1450. The van der Waals surface area contributed by atoms with Crippen LogP contribution in [0.2, 0.25) is 10.0 Å². The van der Waals surface area contributed by atoms with Crippen molar-refractivity contribution >= 4 is 97.7 Å². The van der Waals surface area contributed by atoms with Gasteiger partial charge in [-0.3, -0.25) is 9.69 Å². The third kappa shape index (κ3) is 6.40. The highest BCUT2D eigenvalue weighted by molar-refractivity contribution is 14.1. The van der Waals surface area contributed by atoms with Gasteiger partial charge in [-0.2, -0.15) is 0 Å². The first-order valence-corrected chi connectivity index (χ1v) is 13.9. The Hall–Kier alpha value is -2.31. The summed E-state index contributed by atoms with van der Waals surface area (Å²) >= 11 is 21.0. The Labute approximate surface area is 246 Å². The van der Waals surface area contributed by atoms with Gasteiger partial charge in [0, 0.05) is 15.6 Å². The largest absolute Gasteiger partial charge is 0.490 e. The molecular weight excluding hydrogens is 668 g/mol. The quantitative estimate of drug-likeness (QED) is 0.148. The van der Waals surface area contributed by atoms with Crippen LogP contribution < -0.4 is 14.4 Å². The van der Waals surface area contributed by atoms with Gasteiger partial charge >= 0.3 is 5.97 Å². The minimum Gasteiger partial charge on any atom is -0.490 e. The van der Waals surface area contributed by atoms with E-state index in [0.29, 0.717) is 43.1 Å². The Morgan fingerprint density at radius 3 is 2.65 bits per heavy atom. The molecule has 1 heterocycles. The van der Waals surface area contributed by atoms with Gasteiger partial charge < -0.3 is 14.6 Å². The molecule has 0 atom stereocenters. The fourth-order valence-electron chi connectivity index (χ4n) is 3.48. The normalized spacial score (nSPS) is 14.4. The van der Waals surface area contributed by atoms with E-state index in [4.69, 9.17) is 44.9 Å². The SMILES string of the molecule is CCOc1cc(/C=C2/SC(=S)N(c3cccc(C(=O)O)c3)C2=O)cc(I)c1OCc1ccc(Cl)cc1Cl. The number of thiocarbonyl (C=S) groups is 1. The van der Waals surface area contributed by atoms with Crippen molar-refractivity contribution in [1.82, 2.24) is 0 Å². The van der Waals surface area contributed by atoms with Crippen LogP contribution in [0.15, 0.2) is 59.5 Å². The predicted octanol–water partition coefficient (Wildman–Crippen LogP) is 7.68. The van der Waals surface area contributed by atoms with Crippen molar-refractivity contribution in [1.29, 1.82) is 0 Å². The maximum atomic E-state index is 13.2. The number of hydrogen-bond acceptors (Lipinski definition) is 6. The number of rotatable bonds is 8. The number of benzene rings is 3. The van der Waals surface area contributed by atoms with Crippen LogP contribution in [0.5, 0.6) is 11.5 Å². The van der Waals surface area contributed by atoms with E-state index in [9.17, 15) is 14.7 Å². The molecule has 1 N–H and O–H groups in total. The first-order chi connectivity index (χ1) is 17.7. The number of carboxylic acid groups (broad SMARTS) is 1. The molecule has 0 saturated carbocycles. The van der Waals surface area contributed by atoms with Crippen LogP contribution in [0, 0.1) is 3.57 Å². The van der Waals surface area contributed by atoms with Crippen LogP contribution in [0.25, 0.3) is 6.08 Å². The van der Waals surface area contributed by atoms with Crippen molar-refractivity contribution in [2.24, 2.45) is 0 Å². The maximum Gasteiger partial charge on any atom is 0.335 e. The van der Waals surface area contributed by atoms with Gasteiger partial charge in [-0.05, 0) is 83.6 Å². The predicted molar refractivity (Wildman–Crippen MR) is 160 cm³/mol. The number of aromatic carboxylic acids is 1. The average molecular weight is 686 g/mol. The summed E-state index contributed by atoms with van der Waals surface area (Å²) in [6.45, 7) is 2.51. The van der Waals surface area contributed by atoms with Crippen molar-refractivity contribution in [3.63, 3.8) is 0 Å². The Morgan fingerprint density at radius 2 is 1.95 bits per heavy atom. The van der Waals surface area contributed by atoms with Gasteiger partial charge in [-0.15, -0.1) is 0 Å². The van der Waals surface area contributed by atoms with Crippen molar-refractivity contribution in [2.75, 3.05) is 11.5 Å². The highest BCUT2D eigenvalue weighted by Gasteiger charge is 2.33. The molecule has 190 valence electrons. The minimum absolute atomic E-state index is 0.0712. The molecule has 0 spiro atoms. The number of halogens is 3. The number of carboxylic acids is 1. The number of thioether (sulfide) groups is 1. The Kier molecular flexibility index (Phi) is 9.02. The summed E-state index contributed by atoms with van der Waals surface area (Å²) in [5, 5.41) is 10.3. The fraction of sp³-hybridized carbons (Fsp3) is 0.115. The topological polar surface area (TPSA) is 76.1 Å².